The maximum atomic E-state index is 15.7. The average Bonchev–Trinajstić information content (AvgIpc) is 3.52. The molecule has 3 saturated heterocycles. The first kappa shape index (κ1) is 39.5. The highest BCUT2D eigenvalue weighted by Crippen LogP contribution is 2.55. The molecule has 3 amide bonds. The smallest absolute Gasteiger partial charge is 0.329 e. The molecule has 3 aliphatic heterocycles. The van der Waals surface area contributed by atoms with Crippen LogP contribution >= 0.6 is 0 Å². The van der Waals surface area contributed by atoms with Crippen LogP contribution in [0, 0.1) is 28.4 Å². The van der Waals surface area contributed by atoms with E-state index in [9.17, 15) is 23.9 Å². The molecule has 0 radical (unpaired) electrons. The Morgan fingerprint density at radius 2 is 1.80 bits per heavy atom. The number of nitrogens with zero attached hydrogens (tertiary/aromatic N) is 9. The van der Waals surface area contributed by atoms with Crippen molar-refractivity contribution in [3.05, 3.63) is 76.3 Å². The van der Waals surface area contributed by atoms with Crippen LogP contribution < -0.4 is 30.1 Å². The third kappa shape index (κ3) is 6.91. The fourth-order valence-electron chi connectivity index (χ4n) is 9.09. The van der Waals surface area contributed by atoms with Crippen LogP contribution in [0.5, 0.6) is 11.5 Å². The number of aryl methyl sites for hydroxylation is 1. The number of carbonyl (C=O) groups is 2. The van der Waals surface area contributed by atoms with E-state index in [2.05, 4.69) is 29.9 Å². The maximum absolute atomic E-state index is 15.7. The van der Waals surface area contributed by atoms with Gasteiger partial charge >= 0.3 is 6.03 Å². The van der Waals surface area contributed by atoms with Gasteiger partial charge in [-0.1, -0.05) is 6.92 Å². The molecule has 2 aromatic heterocycles. The Morgan fingerprint density at radius 3 is 2.52 bits per heavy atom. The zero-order chi connectivity index (χ0) is 42.0. The number of anilines is 3. The van der Waals surface area contributed by atoms with Crippen molar-refractivity contribution in [2.45, 2.75) is 51.1 Å². The lowest BCUT2D eigenvalue weighted by Crippen LogP contribution is -2.66. The molecule has 19 heteroatoms. The molecule has 4 aliphatic rings. The zero-order valence-corrected chi connectivity index (χ0v) is 34.1. The molecule has 1 atom stereocenters. The van der Waals surface area contributed by atoms with Crippen LogP contribution in [0.1, 0.15) is 50.6 Å². The molecule has 5 heterocycles. The van der Waals surface area contributed by atoms with Crippen LogP contribution in [0.15, 0.2) is 53.6 Å². The van der Waals surface area contributed by atoms with Gasteiger partial charge in [0.05, 0.1) is 34.1 Å². The Kier molecular flexibility index (Phi) is 10.0. The first-order valence-electron chi connectivity index (χ1n) is 19.9. The second kappa shape index (κ2) is 15.2. The van der Waals surface area contributed by atoms with Crippen molar-refractivity contribution < 1.29 is 27.3 Å². The third-order valence-corrected chi connectivity index (χ3v) is 13.7. The number of amides is 3. The topological polar surface area (TPSA) is 174 Å². The molecule has 9 rings (SSSR count). The molecule has 2 N–H and O–H groups in total. The van der Waals surface area contributed by atoms with Crippen molar-refractivity contribution in [1.29, 1.82) is 5.26 Å². The minimum atomic E-state index is -1.67. The minimum Gasteiger partial charge on any atom is -0.453 e. The number of urea groups is 1. The van der Waals surface area contributed by atoms with Gasteiger partial charge in [-0.2, -0.15) is 10.4 Å². The van der Waals surface area contributed by atoms with Gasteiger partial charge < -0.3 is 9.64 Å². The first-order valence-corrected chi connectivity index (χ1v) is 21.0. The van der Waals surface area contributed by atoms with Gasteiger partial charge in [0.25, 0.3) is 5.56 Å². The Balaban J connectivity index is 0.824. The summed E-state index contributed by atoms with van der Waals surface area (Å²) in [5, 5.41) is 17.5. The standard InChI is InChI=1S/C41H43F2N11O5S/c1-4-49(2)60(58)48-33-8-6-30(42)37(29(33)20-44)59-26-5-7-32-27(15-26)39(56)54(23-45-32)25-18-41(19-25)21-52(22-41)24-9-12-51(13-10-24)35-17-34-28(16-31(35)43)38(47-50(34)3)53-14-11-36(55)46-40(53)57/h5-8,15-17,23-25,48H,4,9-14,18-19,21-22H2,1-3H3,(H,46,55,57). The number of fused-ring (bicyclic) bond motifs is 2. The summed E-state index contributed by atoms with van der Waals surface area (Å²) in [6.07, 6.45) is 5.17. The molecule has 0 bridgehead atoms. The summed E-state index contributed by atoms with van der Waals surface area (Å²) in [7, 11) is 3.40. The summed E-state index contributed by atoms with van der Waals surface area (Å²) in [6.45, 7) is 5.72. The monoisotopic (exact) mass is 839 g/mol. The Labute approximate surface area is 346 Å². The molecule has 5 aromatic rings. The van der Waals surface area contributed by atoms with Crippen molar-refractivity contribution in [1.82, 2.24) is 33.9 Å². The molecule has 60 heavy (non-hydrogen) atoms. The number of hydrogen-bond acceptors (Lipinski definition) is 10. The number of halogens is 2. The molecule has 312 valence electrons. The third-order valence-electron chi connectivity index (χ3n) is 12.5. The van der Waals surface area contributed by atoms with Crippen molar-refractivity contribution in [3.8, 4) is 17.6 Å². The molecule has 4 fully saturated rings. The van der Waals surface area contributed by atoms with E-state index < -0.39 is 23.0 Å². The van der Waals surface area contributed by atoms with E-state index in [0.29, 0.717) is 59.0 Å². The van der Waals surface area contributed by atoms with Gasteiger partial charge in [-0.05, 0) is 73.6 Å². The number of carbonyl (C=O) groups excluding carboxylic acids is 2. The molecule has 16 nitrogen and oxygen atoms in total. The maximum Gasteiger partial charge on any atom is 0.329 e. The number of rotatable bonds is 10. The predicted octanol–water partition coefficient (Wildman–Crippen LogP) is 4.92. The van der Waals surface area contributed by atoms with E-state index in [0.717, 1.165) is 44.8 Å². The quantitative estimate of drug-likeness (QED) is 0.197. The molecule has 1 unspecified atom stereocenters. The molecule has 3 aromatic carbocycles. The number of imide groups is 1. The highest BCUT2D eigenvalue weighted by Gasteiger charge is 2.54. The van der Waals surface area contributed by atoms with Crippen molar-refractivity contribution in [2.24, 2.45) is 12.5 Å². The van der Waals surface area contributed by atoms with Crippen LogP contribution in [0.3, 0.4) is 0 Å². The molecule has 1 aliphatic carbocycles. The SMILES string of the molecule is CCN(C)S(=O)Nc1ccc(F)c(Oc2ccc3ncn(C4CC5(C4)CN(C4CCN(c6cc7c(cc6F)c(N6CCC(=O)NC6=O)nn7C)CC4)C5)c(=O)c3c2)c1C#N. The van der Waals surface area contributed by atoms with Crippen molar-refractivity contribution in [3.63, 3.8) is 0 Å². The summed E-state index contributed by atoms with van der Waals surface area (Å²) in [5.41, 5.74) is 1.53. The lowest BCUT2D eigenvalue weighted by atomic mass is 9.60. The number of piperidine rings is 1. The summed E-state index contributed by atoms with van der Waals surface area (Å²) >= 11 is -1.67. The van der Waals surface area contributed by atoms with Crippen LogP contribution in [-0.4, -0.2) is 97.0 Å². The second-order valence-corrected chi connectivity index (χ2v) is 17.5. The fourth-order valence-corrected chi connectivity index (χ4v) is 9.84. The lowest BCUT2D eigenvalue weighted by Gasteiger charge is -2.61. The van der Waals surface area contributed by atoms with E-state index in [4.69, 9.17) is 4.74 Å². The Bertz CT molecular complexity index is 2700. The summed E-state index contributed by atoms with van der Waals surface area (Å²) < 4.78 is 56.8. The van der Waals surface area contributed by atoms with E-state index >= 15 is 8.78 Å². The van der Waals surface area contributed by atoms with Gasteiger partial charge in [0.1, 0.15) is 23.2 Å². The van der Waals surface area contributed by atoms with Gasteiger partial charge in [0.2, 0.25) is 5.91 Å². The zero-order valence-electron chi connectivity index (χ0n) is 33.3. The molecule has 1 saturated carbocycles. The van der Waals surface area contributed by atoms with Crippen LogP contribution in [-0.2, 0) is 23.0 Å². The predicted molar refractivity (Wildman–Crippen MR) is 221 cm³/mol. The van der Waals surface area contributed by atoms with Gasteiger partial charge in [0.15, 0.2) is 28.6 Å². The molecule has 1 spiro atoms. The van der Waals surface area contributed by atoms with E-state index in [1.807, 2.05) is 13.0 Å². The summed E-state index contributed by atoms with van der Waals surface area (Å²) in [5.74, 6) is -1.38. The minimum absolute atomic E-state index is 0.0207. The number of likely N-dealkylation sites (tertiary alicyclic amines) is 1. The summed E-state index contributed by atoms with van der Waals surface area (Å²) in [6, 6.07) is 12.1. The van der Waals surface area contributed by atoms with E-state index in [1.165, 1.54) is 27.4 Å². The van der Waals surface area contributed by atoms with Gasteiger partial charge in [-0.15, -0.1) is 0 Å². The fraction of sp³-hybridized carbons (Fsp3) is 0.415. The Morgan fingerprint density at radius 1 is 1.03 bits per heavy atom. The summed E-state index contributed by atoms with van der Waals surface area (Å²) in [4.78, 5) is 48.5. The van der Waals surface area contributed by atoms with E-state index in [1.54, 1.807) is 47.9 Å². The van der Waals surface area contributed by atoms with Crippen LogP contribution in [0.2, 0.25) is 0 Å². The lowest BCUT2D eigenvalue weighted by molar-refractivity contribution is -0.120. The van der Waals surface area contributed by atoms with Gasteiger partial charge in [-0.3, -0.25) is 38.7 Å². The number of hydrogen-bond donors (Lipinski definition) is 2. The van der Waals surface area contributed by atoms with Crippen molar-refractivity contribution in [2.75, 3.05) is 60.8 Å². The van der Waals surface area contributed by atoms with Crippen LogP contribution in [0.25, 0.3) is 21.8 Å². The number of aromatic nitrogens is 4. The highest BCUT2D eigenvalue weighted by molar-refractivity contribution is 7.84. The van der Waals surface area contributed by atoms with E-state index in [-0.39, 0.29) is 64.5 Å². The average molecular weight is 840 g/mol. The van der Waals surface area contributed by atoms with Gasteiger partial charge in [0, 0.05) is 77.3 Å². The van der Waals surface area contributed by atoms with Crippen LogP contribution in [0.4, 0.5) is 30.8 Å². The number of ether oxygens (including phenoxy) is 1. The highest BCUT2D eigenvalue weighted by atomic mass is 32.2. The Hall–Kier alpha value is -5.97. The normalized spacial score (nSPS) is 19.1. The second-order valence-electron chi connectivity index (χ2n) is 16.2. The number of nitrogens with one attached hydrogen (secondary N) is 2. The van der Waals surface area contributed by atoms with Gasteiger partial charge in [-0.25, -0.2) is 27.1 Å². The molecular weight excluding hydrogens is 797 g/mol. The first-order chi connectivity index (χ1) is 28.8. The largest absolute Gasteiger partial charge is 0.453 e. The van der Waals surface area contributed by atoms with Crippen molar-refractivity contribution >= 4 is 62.1 Å². The number of benzene rings is 3. The molecular formula is C41H43F2N11O5S. The number of nitriles is 1.